The molecule has 6 heteroatoms. The Labute approximate surface area is 66.5 Å². The van der Waals surface area contributed by atoms with E-state index in [2.05, 4.69) is 15.0 Å². The number of alkyl halides is 3. The highest BCUT2D eigenvalue weighted by Gasteiger charge is 2.27. The molecule has 0 atom stereocenters. The zero-order valence-corrected chi connectivity index (χ0v) is 6.27. The van der Waals surface area contributed by atoms with E-state index in [9.17, 15) is 13.2 Å². The predicted octanol–water partition coefficient (Wildman–Crippen LogP) is 1.96. The third-order valence-electron chi connectivity index (χ3n) is 1.09. The normalized spacial score (nSPS) is 11.7. The fourth-order valence-electron chi connectivity index (χ4n) is 0.634. The van der Waals surface area contributed by atoms with Gasteiger partial charge in [-0.25, -0.2) is 0 Å². The molecule has 0 aliphatic heterocycles. The van der Waals surface area contributed by atoms with Crippen LogP contribution in [0.2, 0.25) is 0 Å². The summed E-state index contributed by atoms with van der Waals surface area (Å²) >= 11 is 0. The van der Waals surface area contributed by atoms with Crippen LogP contribution in [0.4, 0.5) is 19.1 Å². The largest absolute Gasteiger partial charge is 0.405 e. The predicted molar refractivity (Wildman–Crippen MR) is 35.8 cm³/mol. The second kappa shape index (κ2) is 3.04. The number of halogens is 3. The fraction of sp³-hybridized carbons (Fsp3) is 0.500. The molecule has 0 radical (unpaired) electrons. The summed E-state index contributed by atoms with van der Waals surface area (Å²) in [6, 6.07) is 1.39. The Bertz CT molecular complexity index is 256. The summed E-state index contributed by atoms with van der Waals surface area (Å²) in [5, 5.41) is 5.46. The van der Waals surface area contributed by atoms with Gasteiger partial charge >= 0.3 is 6.18 Å². The number of hydrogen-bond donors (Lipinski definition) is 1. The number of aromatic nitrogens is 1. The molecule has 0 bridgehead atoms. The number of aryl methyl sites for hydroxylation is 1. The lowest BCUT2D eigenvalue weighted by molar-refractivity contribution is -0.115. The van der Waals surface area contributed by atoms with Crippen LogP contribution < -0.4 is 5.32 Å². The van der Waals surface area contributed by atoms with Crippen LogP contribution in [0.3, 0.4) is 0 Å². The lowest BCUT2D eigenvalue weighted by Gasteiger charge is -2.05. The van der Waals surface area contributed by atoms with Gasteiger partial charge in [0.25, 0.3) is 0 Å². The Morgan fingerprint density at radius 1 is 1.58 bits per heavy atom. The maximum atomic E-state index is 11.6. The maximum Gasteiger partial charge on any atom is 0.405 e. The minimum absolute atomic E-state index is 0.0322. The molecule has 0 aliphatic rings. The molecule has 0 fully saturated rings. The molecular weight excluding hydrogens is 173 g/mol. The van der Waals surface area contributed by atoms with Crippen LogP contribution in [-0.4, -0.2) is 17.9 Å². The van der Waals surface area contributed by atoms with Crippen molar-refractivity contribution in [2.45, 2.75) is 13.1 Å². The SMILES string of the molecule is Cc1cc(NCC(F)(F)F)on1. The van der Waals surface area contributed by atoms with Crippen molar-refractivity contribution < 1.29 is 17.7 Å². The van der Waals surface area contributed by atoms with Gasteiger partial charge < -0.3 is 9.84 Å². The molecule has 1 aromatic heterocycles. The van der Waals surface area contributed by atoms with E-state index in [1.54, 1.807) is 6.92 Å². The first-order valence-corrected chi connectivity index (χ1v) is 3.21. The highest BCUT2D eigenvalue weighted by molar-refractivity contribution is 5.30. The number of hydrogen-bond acceptors (Lipinski definition) is 3. The molecule has 1 heterocycles. The smallest absolute Gasteiger partial charge is 0.345 e. The van der Waals surface area contributed by atoms with Gasteiger partial charge in [-0.05, 0) is 6.92 Å². The van der Waals surface area contributed by atoms with Crippen LogP contribution >= 0.6 is 0 Å². The fourth-order valence-corrected chi connectivity index (χ4v) is 0.634. The maximum absolute atomic E-state index is 11.6. The molecule has 68 valence electrons. The van der Waals surface area contributed by atoms with E-state index in [-0.39, 0.29) is 5.88 Å². The van der Waals surface area contributed by atoms with Gasteiger partial charge in [-0.2, -0.15) is 13.2 Å². The van der Waals surface area contributed by atoms with Gasteiger partial charge in [0.15, 0.2) is 0 Å². The van der Waals surface area contributed by atoms with Gasteiger partial charge in [0.2, 0.25) is 5.88 Å². The van der Waals surface area contributed by atoms with E-state index < -0.39 is 12.7 Å². The van der Waals surface area contributed by atoms with Crippen molar-refractivity contribution in [1.29, 1.82) is 0 Å². The van der Waals surface area contributed by atoms with Crippen LogP contribution in [0.15, 0.2) is 10.6 Å². The van der Waals surface area contributed by atoms with Crippen LogP contribution in [0, 0.1) is 6.92 Å². The van der Waals surface area contributed by atoms with Gasteiger partial charge in [0, 0.05) is 6.07 Å². The molecule has 12 heavy (non-hydrogen) atoms. The molecule has 0 aliphatic carbocycles. The van der Waals surface area contributed by atoms with Crippen LogP contribution in [0.1, 0.15) is 5.69 Å². The van der Waals surface area contributed by atoms with Gasteiger partial charge in [-0.3, -0.25) is 0 Å². The monoisotopic (exact) mass is 180 g/mol. The molecule has 0 saturated carbocycles. The van der Waals surface area contributed by atoms with Crippen molar-refractivity contribution in [1.82, 2.24) is 5.16 Å². The van der Waals surface area contributed by atoms with Gasteiger partial charge in [0.1, 0.15) is 6.54 Å². The standard InChI is InChI=1S/C6H7F3N2O/c1-4-2-5(12-11-4)10-3-6(7,8)9/h2,10H,3H2,1H3. The average Bonchev–Trinajstić information content (AvgIpc) is 2.30. The molecule has 0 unspecified atom stereocenters. The van der Waals surface area contributed by atoms with Gasteiger partial charge in [-0.15, -0.1) is 0 Å². The quantitative estimate of drug-likeness (QED) is 0.755. The first-order valence-electron chi connectivity index (χ1n) is 3.21. The number of nitrogens with one attached hydrogen (secondary N) is 1. The third kappa shape index (κ3) is 2.81. The van der Waals surface area contributed by atoms with Crippen molar-refractivity contribution in [3.05, 3.63) is 11.8 Å². The summed E-state index contributed by atoms with van der Waals surface area (Å²) in [5.41, 5.74) is 0.541. The second-order valence-electron chi connectivity index (χ2n) is 2.30. The lowest BCUT2D eigenvalue weighted by atomic mass is 10.5. The molecule has 1 rings (SSSR count). The molecule has 0 saturated heterocycles. The Kier molecular flexibility index (Phi) is 2.25. The van der Waals surface area contributed by atoms with Crippen LogP contribution in [0.25, 0.3) is 0 Å². The van der Waals surface area contributed by atoms with Crippen molar-refractivity contribution in [3.8, 4) is 0 Å². The summed E-state index contributed by atoms with van der Waals surface area (Å²) in [6.07, 6.45) is -4.24. The molecule has 1 aromatic rings. The Morgan fingerprint density at radius 2 is 2.25 bits per heavy atom. The first kappa shape index (κ1) is 8.89. The first-order chi connectivity index (χ1) is 5.47. The van der Waals surface area contributed by atoms with Crippen molar-refractivity contribution >= 4 is 5.88 Å². The summed E-state index contributed by atoms with van der Waals surface area (Å²) < 4.78 is 39.4. The number of rotatable bonds is 2. The molecule has 3 nitrogen and oxygen atoms in total. The van der Waals surface area contributed by atoms with Gasteiger partial charge in [0.05, 0.1) is 5.69 Å². The summed E-state index contributed by atoms with van der Waals surface area (Å²) in [4.78, 5) is 0. The summed E-state index contributed by atoms with van der Waals surface area (Å²) in [5.74, 6) is 0.0322. The second-order valence-corrected chi connectivity index (χ2v) is 2.30. The minimum atomic E-state index is -4.24. The average molecular weight is 180 g/mol. The van der Waals surface area contributed by atoms with Crippen LogP contribution in [0.5, 0.6) is 0 Å². The van der Waals surface area contributed by atoms with Crippen molar-refractivity contribution in [2.24, 2.45) is 0 Å². The van der Waals surface area contributed by atoms with E-state index in [0.717, 1.165) is 0 Å². The minimum Gasteiger partial charge on any atom is -0.345 e. The topological polar surface area (TPSA) is 38.1 Å². The summed E-state index contributed by atoms with van der Waals surface area (Å²) in [6.45, 7) is 0.518. The van der Waals surface area contributed by atoms with E-state index in [1.807, 2.05) is 0 Å². The summed E-state index contributed by atoms with van der Waals surface area (Å²) in [7, 11) is 0. The Morgan fingerprint density at radius 3 is 2.67 bits per heavy atom. The van der Waals surface area contributed by atoms with Crippen LogP contribution in [-0.2, 0) is 0 Å². The van der Waals surface area contributed by atoms with E-state index >= 15 is 0 Å². The molecule has 0 amide bonds. The zero-order chi connectivity index (χ0) is 9.19. The highest BCUT2D eigenvalue weighted by Crippen LogP contribution is 2.16. The van der Waals surface area contributed by atoms with Gasteiger partial charge in [-0.1, -0.05) is 5.16 Å². The lowest BCUT2D eigenvalue weighted by Crippen LogP contribution is -2.20. The van der Waals surface area contributed by atoms with E-state index in [4.69, 9.17) is 0 Å². The van der Waals surface area contributed by atoms with E-state index in [1.165, 1.54) is 6.07 Å². The molecule has 0 aromatic carbocycles. The zero-order valence-electron chi connectivity index (χ0n) is 6.27. The Balaban J connectivity index is 2.44. The third-order valence-corrected chi connectivity index (χ3v) is 1.09. The highest BCUT2D eigenvalue weighted by atomic mass is 19.4. The molecular formula is C6H7F3N2O. The van der Waals surface area contributed by atoms with Crippen molar-refractivity contribution in [3.63, 3.8) is 0 Å². The number of anilines is 1. The Hall–Kier alpha value is -1.20. The molecule has 1 N–H and O–H groups in total. The number of nitrogens with zero attached hydrogens (tertiary/aromatic N) is 1. The van der Waals surface area contributed by atoms with E-state index in [0.29, 0.717) is 5.69 Å². The van der Waals surface area contributed by atoms with Crippen molar-refractivity contribution in [2.75, 3.05) is 11.9 Å². The molecule has 0 spiro atoms.